The summed E-state index contributed by atoms with van der Waals surface area (Å²) in [4.78, 5) is 29.4. The number of imidazole rings is 1. The third kappa shape index (κ3) is 3.56. The van der Waals surface area contributed by atoms with Gasteiger partial charge in [-0.3, -0.25) is 9.47 Å². The second kappa shape index (κ2) is 7.71. The first kappa shape index (κ1) is 19.0. The van der Waals surface area contributed by atoms with Crippen molar-refractivity contribution in [3.63, 3.8) is 0 Å². The van der Waals surface area contributed by atoms with Crippen LogP contribution in [0.25, 0.3) is 16.9 Å². The molecule has 0 radical (unpaired) electrons. The molecule has 156 valence electrons. The molecular weight excluding hydrogens is 390 g/mol. The van der Waals surface area contributed by atoms with Crippen molar-refractivity contribution in [2.75, 3.05) is 30.4 Å². The van der Waals surface area contributed by atoms with Gasteiger partial charge in [0.2, 0.25) is 5.95 Å². The number of nitrogens with zero attached hydrogens (tertiary/aromatic N) is 6. The van der Waals surface area contributed by atoms with E-state index in [0.717, 1.165) is 29.1 Å². The molecule has 0 saturated carbocycles. The van der Waals surface area contributed by atoms with Crippen LogP contribution in [0.3, 0.4) is 0 Å². The fourth-order valence-corrected chi connectivity index (χ4v) is 3.81. The number of aromatic nitrogens is 4. The Balaban J connectivity index is 1.42. The molecule has 1 fully saturated rings. The molecule has 8 nitrogen and oxygen atoms in total. The summed E-state index contributed by atoms with van der Waals surface area (Å²) in [7, 11) is 1.81. The number of anilines is 2. The largest absolute Gasteiger partial charge is 0.348 e. The fourth-order valence-electron chi connectivity index (χ4n) is 3.81. The first-order valence-corrected chi connectivity index (χ1v) is 10.2. The number of amides is 2. The smallest absolute Gasteiger partial charge is 0.324 e. The van der Waals surface area contributed by atoms with E-state index in [1.165, 1.54) is 5.56 Å². The van der Waals surface area contributed by atoms with Gasteiger partial charge in [-0.1, -0.05) is 30.3 Å². The molecular formula is C23H23N7O. The monoisotopic (exact) mass is 413 g/mol. The molecule has 0 bridgehead atoms. The van der Waals surface area contributed by atoms with Gasteiger partial charge >= 0.3 is 6.03 Å². The maximum absolute atomic E-state index is 12.3. The van der Waals surface area contributed by atoms with E-state index in [-0.39, 0.29) is 12.1 Å². The third-order valence-electron chi connectivity index (χ3n) is 5.59. The van der Waals surface area contributed by atoms with E-state index in [1.807, 2.05) is 54.1 Å². The molecule has 1 saturated heterocycles. The highest BCUT2D eigenvalue weighted by atomic mass is 16.2. The lowest BCUT2D eigenvalue weighted by atomic mass is 10.1. The van der Waals surface area contributed by atoms with Crippen molar-refractivity contribution in [3.8, 4) is 5.82 Å². The summed E-state index contributed by atoms with van der Waals surface area (Å²) < 4.78 is 1.93. The Morgan fingerprint density at radius 2 is 1.87 bits per heavy atom. The lowest BCUT2D eigenvalue weighted by molar-refractivity contribution is 0.229. The quantitative estimate of drug-likeness (QED) is 0.537. The summed E-state index contributed by atoms with van der Waals surface area (Å²) in [5.74, 6) is 1.28. The van der Waals surface area contributed by atoms with Crippen molar-refractivity contribution in [2.24, 2.45) is 0 Å². The molecule has 1 N–H and O–H groups in total. The Morgan fingerprint density at radius 1 is 1.03 bits per heavy atom. The zero-order chi connectivity index (χ0) is 21.4. The molecule has 3 heterocycles. The van der Waals surface area contributed by atoms with Gasteiger partial charge < -0.3 is 10.2 Å². The summed E-state index contributed by atoms with van der Waals surface area (Å²) in [6.45, 7) is 3.49. The molecule has 1 unspecified atom stereocenters. The Bertz CT molecular complexity index is 1240. The van der Waals surface area contributed by atoms with Gasteiger partial charge in [0.1, 0.15) is 12.1 Å². The van der Waals surface area contributed by atoms with E-state index in [0.29, 0.717) is 12.5 Å². The zero-order valence-corrected chi connectivity index (χ0v) is 17.4. The molecule has 5 rings (SSSR count). The highest BCUT2D eigenvalue weighted by Gasteiger charge is 2.26. The SMILES string of the molecule is CC(Nc1nccc(-n2cnc3cc(N4CCN(C)C4=O)ccc32)n1)c1ccccc1. The van der Waals surface area contributed by atoms with Crippen LogP contribution in [0.4, 0.5) is 16.4 Å². The van der Waals surface area contributed by atoms with Crippen LogP contribution >= 0.6 is 0 Å². The predicted molar refractivity (Wildman–Crippen MR) is 121 cm³/mol. The molecule has 0 aliphatic carbocycles. The average Bonchev–Trinajstić information content (AvgIpc) is 3.37. The zero-order valence-electron chi connectivity index (χ0n) is 17.4. The summed E-state index contributed by atoms with van der Waals surface area (Å²) in [5.41, 5.74) is 3.75. The number of nitrogens with one attached hydrogen (secondary N) is 1. The van der Waals surface area contributed by atoms with Crippen LogP contribution in [-0.4, -0.2) is 50.6 Å². The van der Waals surface area contributed by atoms with Gasteiger partial charge in [-0.05, 0) is 36.8 Å². The van der Waals surface area contributed by atoms with Gasteiger partial charge in [-0.2, -0.15) is 4.98 Å². The van der Waals surface area contributed by atoms with Crippen molar-refractivity contribution in [1.82, 2.24) is 24.4 Å². The number of hydrogen-bond donors (Lipinski definition) is 1. The standard InChI is InChI=1S/C23H23N7O/c1-16(17-6-4-3-5-7-17)26-22-24-11-10-21(27-22)30-15-25-19-14-18(8-9-20(19)30)29-13-12-28(2)23(29)31/h3-11,14-16H,12-13H2,1-2H3,(H,24,26,27). The molecule has 0 spiro atoms. The van der Waals surface area contributed by atoms with Crippen LogP contribution in [0.1, 0.15) is 18.5 Å². The van der Waals surface area contributed by atoms with Gasteiger partial charge in [0.15, 0.2) is 0 Å². The van der Waals surface area contributed by atoms with Crippen LogP contribution in [0, 0.1) is 0 Å². The van der Waals surface area contributed by atoms with Gasteiger partial charge in [0, 0.05) is 32.0 Å². The number of carbonyl (C=O) groups is 1. The molecule has 4 aromatic rings. The third-order valence-corrected chi connectivity index (χ3v) is 5.59. The first-order valence-electron chi connectivity index (χ1n) is 10.2. The van der Waals surface area contributed by atoms with E-state index < -0.39 is 0 Å². The molecule has 8 heteroatoms. The molecule has 1 aliphatic rings. The number of urea groups is 1. The number of benzene rings is 2. The van der Waals surface area contributed by atoms with Gasteiger partial charge in [0.25, 0.3) is 0 Å². The minimum atomic E-state index is 0.0119. The first-order chi connectivity index (χ1) is 15.1. The second-order valence-corrected chi connectivity index (χ2v) is 7.66. The van der Waals surface area contributed by atoms with E-state index in [2.05, 4.69) is 39.3 Å². The van der Waals surface area contributed by atoms with Gasteiger partial charge in [0.05, 0.1) is 17.1 Å². The molecule has 1 aliphatic heterocycles. The second-order valence-electron chi connectivity index (χ2n) is 7.66. The summed E-state index contributed by atoms with van der Waals surface area (Å²) in [6.07, 6.45) is 3.49. The van der Waals surface area contributed by atoms with Crippen molar-refractivity contribution in [2.45, 2.75) is 13.0 Å². The predicted octanol–water partition coefficient (Wildman–Crippen LogP) is 3.86. The van der Waals surface area contributed by atoms with Crippen LogP contribution < -0.4 is 10.2 Å². The normalized spacial score (nSPS) is 15.0. The van der Waals surface area contributed by atoms with E-state index in [4.69, 9.17) is 0 Å². The molecule has 2 amide bonds. The highest BCUT2D eigenvalue weighted by Crippen LogP contribution is 2.26. The maximum atomic E-state index is 12.3. The lowest BCUT2D eigenvalue weighted by Gasteiger charge is -2.16. The summed E-state index contributed by atoms with van der Waals surface area (Å²) >= 11 is 0. The van der Waals surface area contributed by atoms with Crippen LogP contribution in [0.5, 0.6) is 0 Å². The molecule has 2 aromatic carbocycles. The number of fused-ring (bicyclic) bond motifs is 1. The Hall–Kier alpha value is -3.94. The number of carbonyl (C=O) groups excluding carboxylic acids is 1. The number of likely N-dealkylation sites (N-methyl/N-ethyl adjacent to an activating group) is 1. The average molecular weight is 413 g/mol. The lowest BCUT2D eigenvalue weighted by Crippen LogP contribution is -2.29. The minimum Gasteiger partial charge on any atom is -0.348 e. The number of rotatable bonds is 5. The van der Waals surface area contributed by atoms with Crippen molar-refractivity contribution in [1.29, 1.82) is 0 Å². The minimum absolute atomic E-state index is 0.0119. The Kier molecular flexibility index (Phi) is 4.74. The fraction of sp³-hybridized carbons (Fsp3) is 0.217. The van der Waals surface area contributed by atoms with Crippen LogP contribution in [0.2, 0.25) is 0 Å². The van der Waals surface area contributed by atoms with Gasteiger partial charge in [-0.15, -0.1) is 0 Å². The van der Waals surface area contributed by atoms with Gasteiger partial charge in [-0.25, -0.2) is 14.8 Å². The Labute approximate surface area is 180 Å². The number of hydrogen-bond acceptors (Lipinski definition) is 5. The molecule has 2 aromatic heterocycles. The Morgan fingerprint density at radius 3 is 2.65 bits per heavy atom. The van der Waals surface area contributed by atoms with Crippen LogP contribution in [-0.2, 0) is 0 Å². The van der Waals surface area contributed by atoms with Crippen LogP contribution in [0.15, 0.2) is 67.1 Å². The molecule has 1 atom stereocenters. The van der Waals surface area contributed by atoms with Crippen molar-refractivity contribution in [3.05, 3.63) is 72.7 Å². The van der Waals surface area contributed by atoms with Crippen molar-refractivity contribution < 1.29 is 4.79 Å². The van der Waals surface area contributed by atoms with E-state index in [1.54, 1.807) is 22.3 Å². The van der Waals surface area contributed by atoms with E-state index >= 15 is 0 Å². The highest BCUT2D eigenvalue weighted by molar-refractivity contribution is 5.96. The maximum Gasteiger partial charge on any atom is 0.324 e. The molecule has 31 heavy (non-hydrogen) atoms. The van der Waals surface area contributed by atoms with E-state index in [9.17, 15) is 4.79 Å². The summed E-state index contributed by atoms with van der Waals surface area (Å²) in [5, 5.41) is 3.36. The topological polar surface area (TPSA) is 79.2 Å². The summed E-state index contributed by atoms with van der Waals surface area (Å²) in [6, 6.07) is 18.0. The van der Waals surface area contributed by atoms with Crippen molar-refractivity contribution >= 4 is 28.7 Å².